The van der Waals surface area contributed by atoms with Gasteiger partial charge in [-0.3, -0.25) is 9.69 Å². The first-order valence-corrected chi connectivity index (χ1v) is 9.89. The van der Waals surface area contributed by atoms with Gasteiger partial charge in [-0.1, -0.05) is 47.5 Å². The number of nitrogens with zero attached hydrogens (tertiary/aromatic N) is 1. The second kappa shape index (κ2) is 8.01. The summed E-state index contributed by atoms with van der Waals surface area (Å²) in [6, 6.07) is 10.9. The van der Waals surface area contributed by atoms with Crippen LogP contribution >= 0.6 is 23.2 Å². The standard InChI is InChI=1S/C21H17Cl2N3O4/c1-11-3-2-4-14(23)18(11)24-16(27)9-26-15-10-30-20(28)17(15)19(25-21(26)29)12-5-7-13(22)8-6-12/h2-8,19H,9-10H2,1H3,(H,24,27)(H,25,29)/t19-/m0/s1. The smallest absolute Gasteiger partial charge is 0.338 e. The Hall–Kier alpha value is -3.03. The molecule has 2 aliphatic heterocycles. The quantitative estimate of drug-likeness (QED) is 0.700. The number of para-hydroxylation sites is 1. The number of carbonyl (C=O) groups excluding carboxylic acids is 3. The number of hydrogen-bond donors (Lipinski definition) is 2. The highest BCUT2D eigenvalue weighted by Gasteiger charge is 2.42. The molecule has 0 bridgehead atoms. The van der Waals surface area contributed by atoms with Crippen LogP contribution in [0.1, 0.15) is 17.2 Å². The van der Waals surface area contributed by atoms with Gasteiger partial charge >= 0.3 is 12.0 Å². The summed E-state index contributed by atoms with van der Waals surface area (Å²) >= 11 is 12.1. The number of aryl methyl sites for hydroxylation is 1. The Morgan fingerprint density at radius 2 is 1.93 bits per heavy atom. The van der Waals surface area contributed by atoms with Gasteiger partial charge in [0.2, 0.25) is 5.91 Å². The number of esters is 1. The monoisotopic (exact) mass is 445 g/mol. The fourth-order valence-corrected chi connectivity index (χ4v) is 3.89. The zero-order chi connectivity index (χ0) is 21.4. The van der Waals surface area contributed by atoms with Crippen molar-refractivity contribution >= 4 is 46.8 Å². The molecule has 2 N–H and O–H groups in total. The van der Waals surface area contributed by atoms with Gasteiger partial charge in [0.15, 0.2) is 0 Å². The highest BCUT2D eigenvalue weighted by atomic mass is 35.5. The van der Waals surface area contributed by atoms with Crippen LogP contribution in [-0.4, -0.2) is 36.0 Å². The van der Waals surface area contributed by atoms with Crippen LogP contribution in [0.25, 0.3) is 0 Å². The van der Waals surface area contributed by atoms with E-state index in [1.807, 2.05) is 13.0 Å². The molecule has 0 fully saturated rings. The lowest BCUT2D eigenvalue weighted by Gasteiger charge is -2.32. The molecule has 0 unspecified atom stereocenters. The van der Waals surface area contributed by atoms with Gasteiger partial charge in [-0.2, -0.15) is 0 Å². The summed E-state index contributed by atoms with van der Waals surface area (Å²) in [5, 5.41) is 6.44. The second-order valence-electron chi connectivity index (χ2n) is 6.94. The lowest BCUT2D eigenvalue weighted by Crippen LogP contribution is -2.49. The molecule has 4 rings (SSSR count). The number of halogens is 2. The topological polar surface area (TPSA) is 87.7 Å². The van der Waals surface area contributed by atoms with E-state index in [1.54, 1.807) is 36.4 Å². The molecule has 0 radical (unpaired) electrons. The van der Waals surface area contributed by atoms with Crippen LogP contribution in [0.3, 0.4) is 0 Å². The van der Waals surface area contributed by atoms with E-state index < -0.39 is 23.9 Å². The maximum Gasteiger partial charge on any atom is 0.338 e. The maximum atomic E-state index is 12.8. The van der Waals surface area contributed by atoms with Crippen molar-refractivity contribution in [3.63, 3.8) is 0 Å². The molecule has 30 heavy (non-hydrogen) atoms. The summed E-state index contributed by atoms with van der Waals surface area (Å²) < 4.78 is 5.17. The molecule has 154 valence electrons. The average Bonchev–Trinajstić information content (AvgIpc) is 3.09. The number of rotatable bonds is 4. The highest BCUT2D eigenvalue weighted by Crippen LogP contribution is 2.35. The zero-order valence-corrected chi connectivity index (χ0v) is 17.4. The molecule has 0 aliphatic carbocycles. The van der Waals surface area contributed by atoms with Gasteiger partial charge < -0.3 is 15.4 Å². The maximum absolute atomic E-state index is 12.8. The van der Waals surface area contributed by atoms with E-state index in [2.05, 4.69) is 10.6 Å². The Labute approximate surface area is 182 Å². The molecular weight excluding hydrogens is 429 g/mol. The third-order valence-electron chi connectivity index (χ3n) is 4.99. The number of carbonyl (C=O) groups is 3. The number of urea groups is 1. The Morgan fingerprint density at radius 3 is 2.63 bits per heavy atom. The van der Waals surface area contributed by atoms with Gasteiger partial charge in [0.25, 0.3) is 0 Å². The Morgan fingerprint density at radius 1 is 1.20 bits per heavy atom. The zero-order valence-electron chi connectivity index (χ0n) is 15.9. The van der Waals surface area contributed by atoms with Crippen LogP contribution in [0.5, 0.6) is 0 Å². The lowest BCUT2D eigenvalue weighted by atomic mass is 9.96. The van der Waals surface area contributed by atoms with Crippen molar-refractivity contribution in [2.45, 2.75) is 13.0 Å². The van der Waals surface area contributed by atoms with Crippen molar-refractivity contribution < 1.29 is 19.1 Å². The molecule has 9 heteroatoms. The van der Waals surface area contributed by atoms with Crippen LogP contribution in [0.2, 0.25) is 10.0 Å². The summed E-state index contributed by atoms with van der Waals surface area (Å²) in [7, 11) is 0. The molecule has 7 nitrogen and oxygen atoms in total. The third-order valence-corrected chi connectivity index (χ3v) is 5.56. The van der Waals surface area contributed by atoms with E-state index in [1.165, 1.54) is 4.90 Å². The van der Waals surface area contributed by atoms with Gasteiger partial charge in [0.05, 0.1) is 28.0 Å². The average molecular weight is 446 g/mol. The van der Waals surface area contributed by atoms with Crippen molar-refractivity contribution in [3.05, 3.63) is 74.9 Å². The normalized spacial score (nSPS) is 18.1. The van der Waals surface area contributed by atoms with Gasteiger partial charge in [0, 0.05) is 5.02 Å². The van der Waals surface area contributed by atoms with Crippen LogP contribution < -0.4 is 10.6 Å². The Bertz CT molecular complexity index is 1060. The number of ether oxygens (including phenoxy) is 1. The van der Waals surface area contributed by atoms with Gasteiger partial charge in [0.1, 0.15) is 13.2 Å². The Balaban J connectivity index is 1.60. The molecule has 3 amide bonds. The predicted octanol–water partition coefficient (Wildman–Crippen LogP) is 3.82. The van der Waals surface area contributed by atoms with E-state index in [-0.39, 0.29) is 13.2 Å². The van der Waals surface area contributed by atoms with Gasteiger partial charge in [-0.05, 0) is 36.2 Å². The number of nitrogens with one attached hydrogen (secondary N) is 2. The number of benzene rings is 2. The lowest BCUT2D eigenvalue weighted by molar-refractivity contribution is -0.136. The van der Waals surface area contributed by atoms with Crippen LogP contribution in [-0.2, 0) is 14.3 Å². The van der Waals surface area contributed by atoms with E-state index in [0.29, 0.717) is 32.6 Å². The number of anilines is 1. The van der Waals surface area contributed by atoms with E-state index in [4.69, 9.17) is 27.9 Å². The van der Waals surface area contributed by atoms with Crippen LogP contribution in [0.4, 0.5) is 10.5 Å². The van der Waals surface area contributed by atoms with Crippen molar-refractivity contribution in [1.29, 1.82) is 0 Å². The molecule has 0 saturated carbocycles. The molecule has 2 heterocycles. The SMILES string of the molecule is Cc1cccc(Cl)c1NC(=O)CN1C(=O)N[C@@H](c2ccc(Cl)cc2)C2=C1COC2=O. The third kappa shape index (κ3) is 3.74. The molecule has 0 aromatic heterocycles. The first-order chi connectivity index (χ1) is 14.3. The summed E-state index contributed by atoms with van der Waals surface area (Å²) in [6.07, 6.45) is 0. The van der Waals surface area contributed by atoms with Gasteiger partial charge in [-0.15, -0.1) is 0 Å². The summed E-state index contributed by atoms with van der Waals surface area (Å²) in [5.74, 6) is -0.977. The highest BCUT2D eigenvalue weighted by molar-refractivity contribution is 6.34. The fourth-order valence-electron chi connectivity index (χ4n) is 3.50. The van der Waals surface area contributed by atoms with Crippen molar-refractivity contribution in [2.75, 3.05) is 18.5 Å². The summed E-state index contributed by atoms with van der Waals surface area (Å²) in [4.78, 5) is 39.0. The second-order valence-corrected chi connectivity index (χ2v) is 7.78. The molecule has 0 saturated heterocycles. The summed E-state index contributed by atoms with van der Waals surface area (Å²) in [5.41, 5.74) is 2.64. The molecular formula is C21H17Cl2N3O4. The fraction of sp³-hybridized carbons (Fsp3) is 0.190. The first-order valence-electron chi connectivity index (χ1n) is 9.14. The van der Waals surface area contributed by atoms with E-state index >= 15 is 0 Å². The molecule has 2 aromatic rings. The van der Waals surface area contributed by atoms with E-state index in [0.717, 1.165) is 5.56 Å². The number of hydrogen-bond acceptors (Lipinski definition) is 4. The first kappa shape index (κ1) is 20.3. The van der Waals surface area contributed by atoms with Crippen LogP contribution in [0, 0.1) is 6.92 Å². The largest absolute Gasteiger partial charge is 0.456 e. The van der Waals surface area contributed by atoms with Crippen molar-refractivity contribution in [2.24, 2.45) is 0 Å². The van der Waals surface area contributed by atoms with E-state index in [9.17, 15) is 14.4 Å². The molecule has 0 spiro atoms. The minimum atomic E-state index is -0.676. The van der Waals surface area contributed by atoms with Crippen molar-refractivity contribution in [3.8, 4) is 0 Å². The summed E-state index contributed by atoms with van der Waals surface area (Å²) in [6.45, 7) is 1.44. The Kier molecular flexibility index (Phi) is 5.40. The van der Waals surface area contributed by atoms with Crippen molar-refractivity contribution in [1.82, 2.24) is 10.2 Å². The molecule has 2 aliphatic rings. The minimum absolute atomic E-state index is 0.0793. The number of amides is 3. The number of cyclic esters (lactones) is 1. The van der Waals surface area contributed by atoms with Gasteiger partial charge in [-0.25, -0.2) is 9.59 Å². The van der Waals surface area contributed by atoms with Crippen LogP contribution in [0.15, 0.2) is 53.7 Å². The molecule has 2 aromatic carbocycles. The molecule has 1 atom stereocenters. The predicted molar refractivity (Wildman–Crippen MR) is 112 cm³/mol. The minimum Gasteiger partial charge on any atom is -0.456 e.